The fraction of sp³-hybridized carbons (Fsp3) is 0.929. The molecule has 98 valence electrons. The first-order valence-electron chi connectivity index (χ1n) is 7.06. The third-order valence-electron chi connectivity index (χ3n) is 4.72. The zero-order valence-corrected chi connectivity index (χ0v) is 11.2. The van der Waals surface area contributed by atoms with Gasteiger partial charge in [0.15, 0.2) is 0 Å². The molecule has 0 saturated heterocycles. The molecule has 0 aromatic carbocycles. The van der Waals surface area contributed by atoms with Gasteiger partial charge in [-0.05, 0) is 44.9 Å². The van der Waals surface area contributed by atoms with E-state index >= 15 is 0 Å². The summed E-state index contributed by atoms with van der Waals surface area (Å²) in [7, 11) is 0. The normalized spacial score (nSPS) is 34.1. The van der Waals surface area contributed by atoms with E-state index in [1.165, 1.54) is 44.9 Å². The van der Waals surface area contributed by atoms with E-state index in [0.29, 0.717) is 6.04 Å². The van der Waals surface area contributed by atoms with Crippen LogP contribution in [-0.4, -0.2) is 17.5 Å². The minimum Gasteiger partial charge on any atom is -0.368 e. The molecule has 2 saturated carbocycles. The molecule has 0 aliphatic heterocycles. The van der Waals surface area contributed by atoms with Gasteiger partial charge in [-0.25, -0.2) is 0 Å². The summed E-state index contributed by atoms with van der Waals surface area (Å²) in [5.74, 6) is 1.60. The summed E-state index contributed by atoms with van der Waals surface area (Å²) >= 11 is 0. The first-order chi connectivity index (χ1) is 7.99. The van der Waals surface area contributed by atoms with Crippen LogP contribution in [0.15, 0.2) is 0 Å². The van der Waals surface area contributed by atoms with E-state index in [2.05, 4.69) is 5.32 Å². The Labute approximate surface area is 105 Å². The second-order valence-electron chi connectivity index (χ2n) is 6.45. The molecule has 3 nitrogen and oxygen atoms in total. The number of hydrogen-bond acceptors (Lipinski definition) is 2. The third kappa shape index (κ3) is 3.01. The van der Waals surface area contributed by atoms with Gasteiger partial charge in [-0.1, -0.05) is 25.7 Å². The Hall–Kier alpha value is -0.570. The van der Waals surface area contributed by atoms with E-state index in [9.17, 15) is 4.79 Å². The average molecular weight is 238 g/mol. The average Bonchev–Trinajstić information content (AvgIpc) is 2.28. The predicted octanol–water partition coefficient (Wildman–Crippen LogP) is 2.20. The number of nitrogens with one attached hydrogen (secondary N) is 1. The Morgan fingerprint density at radius 1 is 1.12 bits per heavy atom. The molecular weight excluding hydrogens is 212 g/mol. The van der Waals surface area contributed by atoms with E-state index in [1.807, 2.05) is 13.8 Å². The van der Waals surface area contributed by atoms with Gasteiger partial charge in [0.25, 0.3) is 0 Å². The highest BCUT2D eigenvalue weighted by Gasteiger charge is 2.35. The Kier molecular flexibility index (Phi) is 3.76. The lowest BCUT2D eigenvalue weighted by atomic mass is 9.69. The third-order valence-corrected chi connectivity index (χ3v) is 4.72. The number of nitrogens with two attached hydrogens (primary N) is 1. The second kappa shape index (κ2) is 4.97. The summed E-state index contributed by atoms with van der Waals surface area (Å²) in [5.41, 5.74) is 4.85. The van der Waals surface area contributed by atoms with Crippen molar-refractivity contribution >= 4 is 5.91 Å². The molecule has 3 unspecified atom stereocenters. The van der Waals surface area contributed by atoms with Crippen LogP contribution in [0.1, 0.15) is 58.8 Å². The summed E-state index contributed by atoms with van der Waals surface area (Å²) in [4.78, 5) is 11.3. The largest absolute Gasteiger partial charge is 0.368 e. The number of hydrogen-bond donors (Lipinski definition) is 2. The Morgan fingerprint density at radius 3 is 2.41 bits per heavy atom. The van der Waals surface area contributed by atoms with Crippen LogP contribution in [0.2, 0.25) is 0 Å². The molecule has 0 spiro atoms. The molecule has 17 heavy (non-hydrogen) atoms. The molecule has 3 N–H and O–H groups in total. The molecule has 0 aromatic rings. The number of rotatable bonds is 3. The Balaban J connectivity index is 1.89. The highest BCUT2D eigenvalue weighted by molar-refractivity contribution is 5.83. The second-order valence-corrected chi connectivity index (χ2v) is 6.45. The van der Waals surface area contributed by atoms with Gasteiger partial charge in [0, 0.05) is 6.04 Å². The number of primary amides is 1. The quantitative estimate of drug-likeness (QED) is 0.792. The molecule has 2 rings (SSSR count). The van der Waals surface area contributed by atoms with Crippen molar-refractivity contribution in [3.8, 4) is 0 Å². The van der Waals surface area contributed by atoms with Crippen LogP contribution in [0.5, 0.6) is 0 Å². The van der Waals surface area contributed by atoms with Crippen molar-refractivity contribution in [3.05, 3.63) is 0 Å². The fourth-order valence-corrected chi connectivity index (χ4v) is 3.59. The van der Waals surface area contributed by atoms with Crippen molar-refractivity contribution in [1.82, 2.24) is 5.32 Å². The topological polar surface area (TPSA) is 55.1 Å². The molecular formula is C14H26N2O. The van der Waals surface area contributed by atoms with E-state index in [0.717, 1.165) is 11.8 Å². The van der Waals surface area contributed by atoms with Crippen LogP contribution < -0.4 is 11.1 Å². The van der Waals surface area contributed by atoms with Crippen LogP contribution in [0.4, 0.5) is 0 Å². The van der Waals surface area contributed by atoms with Gasteiger partial charge in [0.05, 0.1) is 5.54 Å². The zero-order valence-electron chi connectivity index (χ0n) is 11.2. The Bertz CT molecular complexity index is 288. The van der Waals surface area contributed by atoms with Gasteiger partial charge in [-0.2, -0.15) is 0 Å². The van der Waals surface area contributed by atoms with Crippen molar-refractivity contribution in [2.24, 2.45) is 17.6 Å². The van der Waals surface area contributed by atoms with Crippen molar-refractivity contribution < 1.29 is 4.79 Å². The van der Waals surface area contributed by atoms with E-state index < -0.39 is 5.54 Å². The van der Waals surface area contributed by atoms with Crippen molar-refractivity contribution in [2.45, 2.75) is 70.4 Å². The summed E-state index contributed by atoms with van der Waals surface area (Å²) in [6.45, 7) is 3.78. The molecule has 0 radical (unpaired) electrons. The minimum atomic E-state index is -0.563. The first-order valence-corrected chi connectivity index (χ1v) is 7.06. The molecule has 2 fully saturated rings. The molecule has 0 heterocycles. The summed E-state index contributed by atoms with van der Waals surface area (Å²) in [6, 6.07) is 0.483. The van der Waals surface area contributed by atoms with Crippen molar-refractivity contribution in [2.75, 3.05) is 0 Å². The summed E-state index contributed by atoms with van der Waals surface area (Å²) < 4.78 is 0. The molecule has 0 aromatic heterocycles. The SMILES string of the molecule is CC(C)(NC1CCC2CCCCC2C1)C(N)=O. The van der Waals surface area contributed by atoms with Crippen LogP contribution in [0.3, 0.4) is 0 Å². The van der Waals surface area contributed by atoms with Crippen LogP contribution in [0, 0.1) is 11.8 Å². The predicted molar refractivity (Wildman–Crippen MR) is 69.5 cm³/mol. The smallest absolute Gasteiger partial charge is 0.237 e. The molecule has 2 aliphatic rings. The highest BCUT2D eigenvalue weighted by Crippen LogP contribution is 2.40. The van der Waals surface area contributed by atoms with Crippen molar-refractivity contribution in [3.63, 3.8) is 0 Å². The maximum absolute atomic E-state index is 11.3. The monoisotopic (exact) mass is 238 g/mol. The maximum atomic E-state index is 11.3. The first kappa shape index (κ1) is 12.9. The lowest BCUT2D eigenvalue weighted by Gasteiger charge is -2.41. The fourth-order valence-electron chi connectivity index (χ4n) is 3.59. The molecule has 3 heteroatoms. The lowest BCUT2D eigenvalue weighted by Crippen LogP contribution is -2.56. The van der Waals surface area contributed by atoms with Crippen LogP contribution in [0.25, 0.3) is 0 Å². The summed E-state index contributed by atoms with van der Waals surface area (Å²) in [5, 5.41) is 3.45. The van der Waals surface area contributed by atoms with E-state index in [1.54, 1.807) is 0 Å². The van der Waals surface area contributed by atoms with E-state index in [4.69, 9.17) is 5.73 Å². The number of amides is 1. The highest BCUT2D eigenvalue weighted by atomic mass is 16.1. The van der Waals surface area contributed by atoms with Gasteiger partial charge in [-0.15, -0.1) is 0 Å². The van der Waals surface area contributed by atoms with Gasteiger partial charge >= 0.3 is 0 Å². The maximum Gasteiger partial charge on any atom is 0.237 e. The number of carbonyl (C=O) groups is 1. The number of carbonyl (C=O) groups excluding carboxylic acids is 1. The number of fused-ring (bicyclic) bond motifs is 1. The Morgan fingerprint density at radius 2 is 1.76 bits per heavy atom. The molecule has 1 amide bonds. The summed E-state index contributed by atoms with van der Waals surface area (Å²) in [6.07, 6.45) is 9.41. The zero-order chi connectivity index (χ0) is 12.5. The standard InChI is InChI=1S/C14H26N2O/c1-14(2,13(15)17)16-12-8-7-10-5-3-4-6-11(10)9-12/h10-12,16H,3-9H2,1-2H3,(H2,15,17). The van der Waals surface area contributed by atoms with Crippen molar-refractivity contribution in [1.29, 1.82) is 0 Å². The minimum absolute atomic E-state index is 0.247. The molecule has 2 aliphatic carbocycles. The van der Waals surface area contributed by atoms with E-state index in [-0.39, 0.29) is 5.91 Å². The van der Waals surface area contributed by atoms with Crippen LogP contribution in [-0.2, 0) is 4.79 Å². The van der Waals surface area contributed by atoms with Gasteiger partial charge in [0.2, 0.25) is 5.91 Å². The van der Waals surface area contributed by atoms with Gasteiger partial charge in [0.1, 0.15) is 0 Å². The molecule has 3 atom stereocenters. The van der Waals surface area contributed by atoms with Gasteiger partial charge < -0.3 is 11.1 Å². The molecule has 0 bridgehead atoms. The lowest BCUT2D eigenvalue weighted by molar-refractivity contribution is -0.123. The van der Waals surface area contributed by atoms with Gasteiger partial charge in [-0.3, -0.25) is 4.79 Å². The van der Waals surface area contributed by atoms with Crippen LogP contribution >= 0.6 is 0 Å².